The average molecular weight is 264 g/mol. The molecule has 0 bridgehead atoms. The molecule has 1 amide bonds. The van der Waals surface area contributed by atoms with Crippen LogP contribution in [0.1, 0.15) is 30.1 Å². The number of aromatic hydroxyl groups is 2. The minimum Gasteiger partial charge on any atom is -0.508 e. The van der Waals surface area contributed by atoms with Gasteiger partial charge in [-0.2, -0.15) is 0 Å². The molecule has 0 saturated carbocycles. The van der Waals surface area contributed by atoms with Gasteiger partial charge in [0.25, 0.3) is 5.91 Å². The maximum Gasteiger partial charge on any atom is 0.255 e. The fourth-order valence-corrected chi connectivity index (χ4v) is 2.45. The van der Waals surface area contributed by atoms with Gasteiger partial charge in [0.05, 0.1) is 5.56 Å². The lowest BCUT2D eigenvalue weighted by molar-refractivity contribution is 0.0917. The number of hydrogen-bond acceptors (Lipinski definition) is 4. The minimum absolute atomic E-state index is 0.0301. The number of phenols is 2. The number of piperidine rings is 1. The first-order chi connectivity index (χ1) is 9.08. The number of carbonyl (C=O) groups is 1. The van der Waals surface area contributed by atoms with Gasteiger partial charge in [-0.05, 0) is 57.0 Å². The van der Waals surface area contributed by atoms with E-state index in [1.165, 1.54) is 18.2 Å². The Kier molecular flexibility index (Phi) is 4.27. The summed E-state index contributed by atoms with van der Waals surface area (Å²) in [4.78, 5) is 12.1. The molecule has 2 rings (SSSR count). The van der Waals surface area contributed by atoms with Gasteiger partial charge in [0.1, 0.15) is 11.5 Å². The van der Waals surface area contributed by atoms with Crippen LogP contribution in [0.4, 0.5) is 0 Å². The lowest BCUT2D eigenvalue weighted by atomic mass is 9.91. The molecule has 5 nitrogen and oxygen atoms in total. The normalized spacial score (nSPS) is 17.9. The fraction of sp³-hybridized carbons (Fsp3) is 0.500. The molecule has 4 N–H and O–H groups in total. The third-order valence-corrected chi connectivity index (χ3v) is 3.67. The Morgan fingerprint density at radius 1 is 1.37 bits per heavy atom. The first-order valence-electron chi connectivity index (χ1n) is 6.61. The number of nitrogens with one attached hydrogen (secondary N) is 2. The molecule has 0 spiro atoms. The van der Waals surface area contributed by atoms with Gasteiger partial charge in [-0.15, -0.1) is 0 Å². The summed E-state index contributed by atoms with van der Waals surface area (Å²) in [6.07, 6.45) is 2.07. The highest BCUT2D eigenvalue weighted by molar-refractivity contribution is 5.97. The van der Waals surface area contributed by atoms with Gasteiger partial charge in [-0.3, -0.25) is 4.79 Å². The first kappa shape index (κ1) is 13.7. The quantitative estimate of drug-likeness (QED) is 0.619. The highest BCUT2D eigenvalue weighted by Gasteiger charge is 2.22. The Hall–Kier alpha value is -1.75. The molecule has 1 aliphatic rings. The number of benzene rings is 1. The molecule has 1 heterocycles. The third-order valence-electron chi connectivity index (χ3n) is 3.67. The van der Waals surface area contributed by atoms with Gasteiger partial charge in [0.2, 0.25) is 0 Å². The second-order valence-electron chi connectivity index (χ2n) is 5.05. The summed E-state index contributed by atoms with van der Waals surface area (Å²) in [7, 11) is 0. The van der Waals surface area contributed by atoms with Crippen molar-refractivity contribution in [3.63, 3.8) is 0 Å². The van der Waals surface area contributed by atoms with Crippen LogP contribution in [0.25, 0.3) is 0 Å². The minimum atomic E-state index is -0.348. The predicted octanol–water partition coefficient (Wildman–Crippen LogP) is 1.22. The van der Waals surface area contributed by atoms with Crippen molar-refractivity contribution in [3.8, 4) is 11.5 Å². The molecule has 1 aromatic carbocycles. The van der Waals surface area contributed by atoms with Gasteiger partial charge in [0, 0.05) is 6.04 Å². The van der Waals surface area contributed by atoms with Crippen LogP contribution < -0.4 is 10.6 Å². The molecule has 0 aliphatic carbocycles. The Morgan fingerprint density at radius 3 is 2.74 bits per heavy atom. The number of amides is 1. The van der Waals surface area contributed by atoms with Crippen LogP contribution in [0, 0.1) is 5.92 Å². The summed E-state index contributed by atoms with van der Waals surface area (Å²) in [6.45, 7) is 3.93. The molecule has 1 unspecified atom stereocenters. The Morgan fingerprint density at radius 2 is 2.05 bits per heavy atom. The van der Waals surface area contributed by atoms with Gasteiger partial charge >= 0.3 is 0 Å². The molecule has 19 heavy (non-hydrogen) atoms. The zero-order chi connectivity index (χ0) is 13.8. The number of rotatable bonds is 3. The van der Waals surface area contributed by atoms with E-state index in [1.807, 2.05) is 6.92 Å². The highest BCUT2D eigenvalue weighted by atomic mass is 16.3. The summed E-state index contributed by atoms with van der Waals surface area (Å²) in [5.41, 5.74) is 0.112. The number of phenolic OH excluding ortho intramolecular Hbond substituents is 2. The van der Waals surface area contributed by atoms with Crippen LogP contribution in [-0.2, 0) is 0 Å². The molecule has 0 radical (unpaired) electrons. The van der Waals surface area contributed by atoms with Crippen molar-refractivity contribution >= 4 is 5.91 Å². The largest absolute Gasteiger partial charge is 0.508 e. The van der Waals surface area contributed by atoms with E-state index in [-0.39, 0.29) is 29.0 Å². The Bertz CT molecular complexity index is 456. The van der Waals surface area contributed by atoms with Gasteiger partial charge in [-0.1, -0.05) is 0 Å². The van der Waals surface area contributed by atoms with Crippen molar-refractivity contribution in [2.75, 3.05) is 13.1 Å². The lowest BCUT2D eigenvalue weighted by Gasteiger charge is -2.28. The molecular weight excluding hydrogens is 244 g/mol. The average Bonchev–Trinajstić information content (AvgIpc) is 2.42. The van der Waals surface area contributed by atoms with Crippen molar-refractivity contribution in [1.29, 1.82) is 0 Å². The molecule has 1 aliphatic heterocycles. The summed E-state index contributed by atoms with van der Waals surface area (Å²) in [5, 5.41) is 25.2. The molecule has 0 aromatic heterocycles. The van der Waals surface area contributed by atoms with E-state index in [0.29, 0.717) is 5.92 Å². The van der Waals surface area contributed by atoms with Crippen LogP contribution in [0.5, 0.6) is 11.5 Å². The zero-order valence-electron chi connectivity index (χ0n) is 11.0. The topological polar surface area (TPSA) is 81.6 Å². The maximum atomic E-state index is 12.1. The Labute approximate surface area is 112 Å². The molecule has 1 saturated heterocycles. The number of hydrogen-bond donors (Lipinski definition) is 4. The van der Waals surface area contributed by atoms with Crippen molar-refractivity contribution in [1.82, 2.24) is 10.6 Å². The Balaban J connectivity index is 2.01. The molecular formula is C14H20N2O3. The molecule has 1 fully saturated rings. The smallest absolute Gasteiger partial charge is 0.255 e. The monoisotopic (exact) mass is 264 g/mol. The van der Waals surface area contributed by atoms with E-state index in [0.717, 1.165) is 25.9 Å². The van der Waals surface area contributed by atoms with Crippen LogP contribution in [0.15, 0.2) is 18.2 Å². The zero-order valence-corrected chi connectivity index (χ0v) is 11.0. The summed E-state index contributed by atoms with van der Waals surface area (Å²) in [6, 6.07) is 4.00. The first-order valence-corrected chi connectivity index (χ1v) is 6.61. The van der Waals surface area contributed by atoms with Crippen LogP contribution in [0.2, 0.25) is 0 Å². The lowest BCUT2D eigenvalue weighted by Crippen LogP contribution is -2.42. The third kappa shape index (κ3) is 3.38. The van der Waals surface area contributed by atoms with E-state index in [1.54, 1.807) is 0 Å². The van der Waals surface area contributed by atoms with E-state index in [2.05, 4.69) is 10.6 Å². The molecule has 5 heteroatoms. The SMILES string of the molecule is CC(NC(=O)c1cc(O)ccc1O)C1CCNCC1. The van der Waals surface area contributed by atoms with Crippen LogP contribution in [-0.4, -0.2) is 35.3 Å². The van der Waals surface area contributed by atoms with E-state index in [4.69, 9.17) is 0 Å². The second-order valence-corrected chi connectivity index (χ2v) is 5.05. The predicted molar refractivity (Wildman–Crippen MR) is 72.3 cm³/mol. The van der Waals surface area contributed by atoms with Gasteiger partial charge in [0.15, 0.2) is 0 Å². The summed E-state index contributed by atoms with van der Waals surface area (Å²) in [5.74, 6) is -0.0469. The van der Waals surface area contributed by atoms with Crippen molar-refractivity contribution < 1.29 is 15.0 Å². The van der Waals surface area contributed by atoms with Gasteiger partial charge in [-0.25, -0.2) is 0 Å². The standard InChI is InChI=1S/C14H20N2O3/c1-9(10-4-6-15-7-5-10)16-14(19)12-8-11(17)2-3-13(12)18/h2-3,8-10,15,17-18H,4-7H2,1H3,(H,16,19). The van der Waals surface area contributed by atoms with Crippen LogP contribution >= 0.6 is 0 Å². The van der Waals surface area contributed by atoms with E-state index < -0.39 is 0 Å². The van der Waals surface area contributed by atoms with Crippen molar-refractivity contribution in [2.24, 2.45) is 5.92 Å². The van der Waals surface area contributed by atoms with Gasteiger partial charge < -0.3 is 20.8 Å². The van der Waals surface area contributed by atoms with Crippen molar-refractivity contribution in [2.45, 2.75) is 25.8 Å². The highest BCUT2D eigenvalue weighted by Crippen LogP contribution is 2.23. The maximum absolute atomic E-state index is 12.1. The van der Waals surface area contributed by atoms with Crippen molar-refractivity contribution in [3.05, 3.63) is 23.8 Å². The fourth-order valence-electron chi connectivity index (χ4n) is 2.45. The molecule has 1 atom stereocenters. The summed E-state index contributed by atoms with van der Waals surface area (Å²) < 4.78 is 0. The summed E-state index contributed by atoms with van der Waals surface area (Å²) >= 11 is 0. The van der Waals surface area contributed by atoms with Crippen LogP contribution in [0.3, 0.4) is 0 Å². The molecule has 104 valence electrons. The molecule has 1 aromatic rings. The number of carbonyl (C=O) groups excluding carboxylic acids is 1. The van der Waals surface area contributed by atoms with E-state index >= 15 is 0 Å². The second kappa shape index (κ2) is 5.93. The van der Waals surface area contributed by atoms with E-state index in [9.17, 15) is 15.0 Å².